The Morgan fingerprint density at radius 1 is 0.440 bits per heavy atom. The van der Waals surface area contributed by atoms with Gasteiger partial charge in [0.15, 0.2) is 0 Å². The molecule has 2 rings (SSSR count). The Morgan fingerprint density at radius 2 is 0.780 bits per heavy atom. The molecule has 0 bridgehead atoms. The molecule has 0 heterocycles. The van der Waals surface area contributed by atoms with E-state index in [0.717, 1.165) is 36.3 Å². The van der Waals surface area contributed by atoms with Crippen LogP contribution in [0.5, 0.6) is 0 Å². The van der Waals surface area contributed by atoms with E-state index in [0.29, 0.717) is 0 Å². The predicted octanol–water partition coefficient (Wildman–Crippen LogP) is 16.0. The number of unbranched alkanes of at least 4 members (excludes halogenated alkanes) is 25. The Morgan fingerprint density at radius 3 is 1.14 bits per heavy atom. The van der Waals surface area contributed by atoms with Gasteiger partial charge in [0.1, 0.15) is 0 Å². The summed E-state index contributed by atoms with van der Waals surface area (Å²) in [7, 11) is 0. The van der Waals surface area contributed by atoms with Gasteiger partial charge in [0.2, 0.25) is 0 Å². The first-order valence-corrected chi connectivity index (χ1v) is 21.2. The Bertz CT molecular complexity index is 1100. The first kappa shape index (κ1) is 46.0. The summed E-state index contributed by atoms with van der Waals surface area (Å²) in [5, 5.41) is 0. The van der Waals surface area contributed by atoms with Gasteiger partial charge < -0.3 is 0 Å². The number of benzene rings is 2. The molecule has 0 atom stereocenters. The standard InChI is InChI=1S/C47H76N2.Ni/c1-4-7-8-9-10-11-12-13-14-15-16-17-18-19-20-21-22-23-24-25-26-27-28-29-30-31-32-33-47(49-46-40-36-44(6-3)37-41-46)42-48-45-38-34-43(5-2)35-39-45;/h32-42H,4-31H2,1-3H3;. The molecule has 2 aromatic carbocycles. The number of allylic oxidation sites excluding steroid dienone is 2. The van der Waals surface area contributed by atoms with E-state index in [9.17, 15) is 0 Å². The summed E-state index contributed by atoms with van der Waals surface area (Å²) in [5.74, 6) is 0. The second kappa shape index (κ2) is 34.1. The number of nitrogens with zero attached hydrogens (tertiary/aromatic N) is 2. The van der Waals surface area contributed by atoms with E-state index in [4.69, 9.17) is 9.98 Å². The molecule has 0 unspecified atom stereocenters. The monoisotopic (exact) mass is 727 g/mol. The van der Waals surface area contributed by atoms with Crippen LogP contribution in [-0.2, 0) is 29.3 Å². The van der Waals surface area contributed by atoms with Gasteiger partial charge in [-0.25, -0.2) is 4.99 Å². The molecule has 0 saturated heterocycles. The molecule has 0 aliphatic rings. The molecule has 0 aliphatic heterocycles. The first-order chi connectivity index (χ1) is 24.2. The molecule has 0 aliphatic carbocycles. The van der Waals surface area contributed by atoms with Gasteiger partial charge in [-0.2, -0.15) is 0 Å². The first-order valence-electron chi connectivity index (χ1n) is 21.2. The molecular formula is C47H76N2Ni. The molecule has 0 radical (unpaired) electrons. The maximum absolute atomic E-state index is 4.90. The van der Waals surface area contributed by atoms with Crippen LogP contribution >= 0.6 is 0 Å². The molecule has 50 heavy (non-hydrogen) atoms. The minimum absolute atomic E-state index is 0. The molecule has 2 aromatic rings. The smallest absolute Gasteiger partial charge is 0.0816 e. The van der Waals surface area contributed by atoms with Crippen LogP contribution in [0.4, 0.5) is 11.4 Å². The number of aliphatic imine (C=N–C) groups is 2. The summed E-state index contributed by atoms with van der Waals surface area (Å²) in [4.78, 5) is 9.62. The molecule has 3 heteroatoms. The molecule has 284 valence electrons. The van der Waals surface area contributed by atoms with Gasteiger partial charge in [-0.15, -0.1) is 0 Å². The van der Waals surface area contributed by atoms with E-state index in [1.807, 2.05) is 6.21 Å². The summed E-state index contributed by atoms with van der Waals surface area (Å²) in [5.41, 5.74) is 5.54. The second-order valence-corrected chi connectivity index (χ2v) is 14.5. The van der Waals surface area contributed by atoms with Crippen molar-refractivity contribution in [2.45, 2.75) is 201 Å². The van der Waals surface area contributed by atoms with Crippen LogP contribution in [0.15, 0.2) is 70.7 Å². The Hall–Kier alpha value is -1.99. The van der Waals surface area contributed by atoms with Gasteiger partial charge >= 0.3 is 0 Å². The predicted molar refractivity (Wildman–Crippen MR) is 222 cm³/mol. The number of hydrogen-bond donors (Lipinski definition) is 0. The van der Waals surface area contributed by atoms with E-state index >= 15 is 0 Å². The Labute approximate surface area is 320 Å². The van der Waals surface area contributed by atoms with Gasteiger partial charge in [0.05, 0.1) is 23.3 Å². The van der Waals surface area contributed by atoms with Crippen molar-refractivity contribution in [1.29, 1.82) is 0 Å². The molecule has 0 spiro atoms. The van der Waals surface area contributed by atoms with Gasteiger partial charge in [0, 0.05) is 16.5 Å². The summed E-state index contributed by atoms with van der Waals surface area (Å²) in [6, 6.07) is 17.1. The topological polar surface area (TPSA) is 24.7 Å². The normalized spacial score (nSPS) is 11.9. The minimum Gasteiger partial charge on any atom is -0.255 e. The largest absolute Gasteiger partial charge is 0.255 e. The van der Waals surface area contributed by atoms with Gasteiger partial charge in [-0.1, -0.05) is 205 Å². The maximum atomic E-state index is 4.90. The van der Waals surface area contributed by atoms with Crippen LogP contribution in [0, 0.1) is 0 Å². The molecular weight excluding hydrogens is 651 g/mol. The van der Waals surface area contributed by atoms with Crippen LogP contribution in [0.25, 0.3) is 0 Å². The fraction of sp³-hybridized carbons (Fsp3) is 0.660. The van der Waals surface area contributed by atoms with E-state index < -0.39 is 0 Å². The minimum atomic E-state index is 0. The van der Waals surface area contributed by atoms with Crippen molar-refractivity contribution in [1.82, 2.24) is 0 Å². The maximum Gasteiger partial charge on any atom is 0.0816 e. The average Bonchev–Trinajstić information content (AvgIpc) is 3.13. The average molecular weight is 728 g/mol. The van der Waals surface area contributed by atoms with Gasteiger partial charge in [-0.3, -0.25) is 4.99 Å². The van der Waals surface area contributed by atoms with E-state index in [1.165, 1.54) is 172 Å². The van der Waals surface area contributed by atoms with Crippen molar-refractivity contribution in [3.63, 3.8) is 0 Å². The summed E-state index contributed by atoms with van der Waals surface area (Å²) in [6.07, 6.45) is 45.4. The van der Waals surface area contributed by atoms with Crippen molar-refractivity contribution in [2.24, 2.45) is 9.98 Å². The Kier molecular flexibility index (Phi) is 31.4. The number of rotatable bonds is 32. The molecule has 0 saturated carbocycles. The second-order valence-electron chi connectivity index (χ2n) is 14.5. The third-order valence-corrected chi connectivity index (χ3v) is 10.1. The van der Waals surface area contributed by atoms with Crippen molar-refractivity contribution in [3.05, 3.63) is 71.8 Å². The van der Waals surface area contributed by atoms with E-state index in [1.54, 1.807) is 0 Å². The molecule has 0 aromatic heterocycles. The van der Waals surface area contributed by atoms with Crippen molar-refractivity contribution in [3.8, 4) is 0 Å². The summed E-state index contributed by atoms with van der Waals surface area (Å²) >= 11 is 0. The van der Waals surface area contributed by atoms with Crippen LogP contribution in [0.2, 0.25) is 0 Å². The van der Waals surface area contributed by atoms with Crippen LogP contribution in [0.1, 0.15) is 199 Å². The van der Waals surface area contributed by atoms with Crippen LogP contribution < -0.4 is 0 Å². The summed E-state index contributed by atoms with van der Waals surface area (Å²) < 4.78 is 0. The third-order valence-electron chi connectivity index (χ3n) is 10.1. The van der Waals surface area contributed by atoms with Gasteiger partial charge in [-0.05, 0) is 67.2 Å². The quantitative estimate of drug-likeness (QED) is 0.0407. The number of aryl methyl sites for hydroxylation is 2. The zero-order valence-electron chi connectivity index (χ0n) is 32.9. The third kappa shape index (κ3) is 25.9. The fourth-order valence-electron chi connectivity index (χ4n) is 6.63. The SMILES string of the molecule is CCCCCCCCCCCCCCCCCCCCCCCCCCCC=CC(C=Nc1ccc(CC)cc1)=Nc1ccc(CC)cc1.[Ni]. The molecule has 2 nitrogen and oxygen atoms in total. The van der Waals surface area contributed by atoms with Crippen molar-refractivity contribution >= 4 is 23.3 Å². The van der Waals surface area contributed by atoms with Crippen LogP contribution in [0.3, 0.4) is 0 Å². The fourth-order valence-corrected chi connectivity index (χ4v) is 6.63. The van der Waals surface area contributed by atoms with Crippen molar-refractivity contribution in [2.75, 3.05) is 0 Å². The zero-order valence-corrected chi connectivity index (χ0v) is 33.8. The molecule has 0 N–H and O–H groups in total. The molecule has 0 amide bonds. The Balaban J connectivity index is 0.0000125. The van der Waals surface area contributed by atoms with E-state index in [2.05, 4.69) is 81.5 Å². The van der Waals surface area contributed by atoms with Crippen LogP contribution in [-0.4, -0.2) is 11.9 Å². The number of hydrogen-bond acceptors (Lipinski definition) is 2. The zero-order chi connectivity index (χ0) is 34.9. The summed E-state index contributed by atoms with van der Waals surface area (Å²) in [6.45, 7) is 6.67. The van der Waals surface area contributed by atoms with Crippen molar-refractivity contribution < 1.29 is 16.5 Å². The molecule has 0 fully saturated rings. The van der Waals surface area contributed by atoms with E-state index in [-0.39, 0.29) is 16.5 Å². The van der Waals surface area contributed by atoms with Gasteiger partial charge in [0.25, 0.3) is 0 Å².